The maximum Gasteiger partial charge on any atom is 0.505 e. The number of hydrogen-bond donors (Lipinski definition) is 7. The molecule has 0 aliphatic carbocycles. The molecule has 10 N–H and O–H groups in total. The Morgan fingerprint density at radius 3 is 1.52 bits per heavy atom. The Morgan fingerprint density at radius 1 is 0.593 bits per heavy atom. The fraction of sp³-hybridized carbons (Fsp3) is 0.346. The minimum Gasteiger partial charge on any atom is -0.502 e. The van der Waals surface area contributed by atoms with E-state index in [-0.39, 0.29) is 68.5 Å². The average molecular weight is 1680 g/mol. The summed E-state index contributed by atoms with van der Waals surface area (Å²) in [6.45, 7) is 8.02. The zero-order chi connectivity index (χ0) is 77.0. The van der Waals surface area contributed by atoms with Crippen LogP contribution in [-0.2, 0) is 46.2 Å². The van der Waals surface area contributed by atoms with Gasteiger partial charge in [-0.2, -0.15) is 0 Å². The standard InChI is InChI=1S/C23H22BN3O4.2C10H12BrNO2.C10H14N2O2.C10H12N2O2.C5H7BrO.C5H6N2O.C5H8O/c1-31-23(28)19-13-25-22(21-18(19)12-20(26-21)24(29)30)27(14-16-8-4-2-5-9-16)15-17-10-6-3-7-11-17;4*11-9-4-1-5-12(10(9)13)8-3-2-6-14-7-8;6-5-2-1-3-7-4-5;6-4-2-1-3-7-5(4)8;1-2-4-6-5-3-1/h2-13,26,29-30H,14-15H2,1H3;2*1,4-5,8H,2-3,6-7H2;1,4-5,8H,2-3,6-7,11H2;1,4-5,7H,2-3,6,11H2;4H,1-3H2;1-3H,6H2,(H,7,8);2,4H,1,3,5H2. The number of halogens is 3. The van der Waals surface area contributed by atoms with Crippen molar-refractivity contribution in [3.63, 3.8) is 0 Å². The monoisotopic (exact) mass is 1670 g/mol. The molecule has 0 saturated carbocycles. The summed E-state index contributed by atoms with van der Waals surface area (Å²) in [5.74, 6) is 0.0574. The van der Waals surface area contributed by atoms with Gasteiger partial charge in [0.2, 0.25) is 0 Å². The summed E-state index contributed by atoms with van der Waals surface area (Å²) in [5.41, 5.74) is 20.7. The highest BCUT2D eigenvalue weighted by molar-refractivity contribution is 9.11. The van der Waals surface area contributed by atoms with Gasteiger partial charge in [-0.05, 0) is 193 Å². The first-order valence-corrected chi connectivity index (χ1v) is 38.0. The van der Waals surface area contributed by atoms with Crippen LogP contribution in [0.3, 0.4) is 0 Å². The number of esters is 1. The van der Waals surface area contributed by atoms with Crippen LogP contribution in [-0.4, -0.2) is 123 Å². The number of hydrogen-bond acceptors (Lipinski definition) is 20. The van der Waals surface area contributed by atoms with Crippen molar-refractivity contribution in [1.29, 1.82) is 0 Å². The van der Waals surface area contributed by atoms with E-state index < -0.39 is 13.1 Å². The number of anilines is 4. The lowest BCUT2D eigenvalue weighted by atomic mass is 9.86. The van der Waals surface area contributed by atoms with Gasteiger partial charge in [-0.3, -0.25) is 28.5 Å². The zero-order valence-electron chi connectivity index (χ0n) is 60.2. The Kier molecular flexibility index (Phi) is 35.3. The van der Waals surface area contributed by atoms with E-state index in [9.17, 15) is 38.8 Å². The van der Waals surface area contributed by atoms with E-state index in [4.69, 9.17) is 50.4 Å². The molecular formula is C78H93BBr3N11O15. The Bertz CT molecular complexity index is 4440. The molecule has 2 aromatic carbocycles. The van der Waals surface area contributed by atoms with Gasteiger partial charge in [0.05, 0.1) is 120 Å². The highest BCUT2D eigenvalue weighted by Crippen LogP contribution is 2.30. The van der Waals surface area contributed by atoms with Gasteiger partial charge in [0.15, 0.2) is 5.82 Å². The summed E-state index contributed by atoms with van der Waals surface area (Å²) >= 11 is 9.80. The second-order valence-electron chi connectivity index (χ2n) is 25.2. The molecule has 108 heavy (non-hydrogen) atoms. The van der Waals surface area contributed by atoms with Crippen LogP contribution in [0.1, 0.15) is 117 Å². The lowest BCUT2D eigenvalue weighted by Gasteiger charge is -2.25. The number of nitrogen functional groups attached to an aromatic ring is 3. The molecule has 0 amide bonds. The Hall–Kier alpha value is -9.53. The van der Waals surface area contributed by atoms with Gasteiger partial charge in [-0.15, -0.1) is 0 Å². The van der Waals surface area contributed by atoms with E-state index in [0.29, 0.717) is 64.3 Å². The van der Waals surface area contributed by atoms with Crippen LogP contribution in [0.15, 0.2) is 227 Å². The number of nitrogens with two attached hydrogens (primary N) is 3. The number of carbonyl (C=O) groups is 1. The van der Waals surface area contributed by atoms with E-state index in [2.05, 4.69) is 67.6 Å². The van der Waals surface area contributed by atoms with Crippen LogP contribution in [0, 0.1) is 0 Å². The first-order chi connectivity index (χ1) is 52.4. The number of H-pyrrole nitrogens is 2. The fourth-order valence-corrected chi connectivity index (χ4v) is 12.8. The topological polar surface area (TPSA) is 353 Å². The number of aromatic amines is 2. The number of nitrogens with one attached hydrogen (secondary N) is 2. The number of benzene rings is 2. The van der Waals surface area contributed by atoms with Gasteiger partial charge in [0, 0.05) is 85.6 Å². The van der Waals surface area contributed by atoms with Gasteiger partial charge in [0.25, 0.3) is 27.8 Å². The molecule has 3 atom stereocenters. The molecule has 0 bridgehead atoms. The van der Waals surface area contributed by atoms with Crippen molar-refractivity contribution >= 4 is 106 Å². The van der Waals surface area contributed by atoms with Gasteiger partial charge in [-0.1, -0.05) is 76.6 Å². The normalized spacial score (nSPS) is 16.9. The molecule has 15 rings (SSSR count). The van der Waals surface area contributed by atoms with Gasteiger partial charge in [-0.25, -0.2) is 9.78 Å². The molecule has 6 aliphatic rings. The van der Waals surface area contributed by atoms with Crippen molar-refractivity contribution in [3.05, 3.63) is 271 Å². The van der Waals surface area contributed by atoms with Crippen molar-refractivity contribution in [2.45, 2.75) is 108 Å². The second kappa shape index (κ2) is 45.3. The lowest BCUT2D eigenvalue weighted by Crippen LogP contribution is -2.31. The van der Waals surface area contributed by atoms with Crippen molar-refractivity contribution in [2.24, 2.45) is 0 Å². The van der Waals surface area contributed by atoms with Crippen LogP contribution in [0.5, 0.6) is 0 Å². The van der Waals surface area contributed by atoms with Crippen molar-refractivity contribution in [3.8, 4) is 0 Å². The second-order valence-corrected chi connectivity index (χ2v) is 28.0. The maximum absolute atomic E-state index is 12.3. The number of rotatable bonds is 11. The summed E-state index contributed by atoms with van der Waals surface area (Å²) in [5, 5.41) is 19.9. The first kappa shape index (κ1) is 84.1. The SMILES string of the molecule is BrC1=COCCC1.C1=COCCC1.COC(=O)c1cnc(N(Cc2ccccc2)Cc2ccccc2)c2[nH]c(B(O)O)cc12.Nc1ccc[nH]c1=O.Nc1cccn(C2=COCCC2)c1=O.Nc1cccn(C2CCCOC2)c1=O.O=c1c(Br)cccn1C1CCCOC1.O=c1c(Br)cccn1C1CCCOC1. The largest absolute Gasteiger partial charge is 0.505 e. The van der Waals surface area contributed by atoms with E-state index >= 15 is 0 Å². The molecule has 30 heteroatoms. The fourth-order valence-electron chi connectivity index (χ4n) is 11.7. The van der Waals surface area contributed by atoms with Crippen LogP contribution in [0.2, 0.25) is 0 Å². The number of pyridine rings is 6. The van der Waals surface area contributed by atoms with Crippen LogP contribution in [0.4, 0.5) is 22.9 Å². The number of ether oxygens (including phenoxy) is 7. The average Bonchev–Trinajstić information content (AvgIpc) is 1.60. The summed E-state index contributed by atoms with van der Waals surface area (Å²) in [7, 11) is -0.407. The molecule has 26 nitrogen and oxygen atoms in total. The molecule has 3 unspecified atom stereocenters. The molecule has 574 valence electrons. The third-order valence-electron chi connectivity index (χ3n) is 17.3. The quantitative estimate of drug-likeness (QED) is 0.0467. The van der Waals surface area contributed by atoms with Crippen molar-refractivity contribution < 1.29 is 48.0 Å². The number of allylic oxidation sites excluding steroid dienone is 3. The van der Waals surface area contributed by atoms with E-state index in [0.717, 1.165) is 121 Å². The Labute approximate surface area is 651 Å². The molecule has 3 saturated heterocycles. The van der Waals surface area contributed by atoms with E-state index in [1.165, 1.54) is 35.2 Å². The Morgan fingerprint density at radius 2 is 1.10 bits per heavy atom. The van der Waals surface area contributed by atoms with E-state index in [1.807, 2.05) is 91.3 Å². The van der Waals surface area contributed by atoms with Crippen molar-refractivity contribution in [1.82, 2.24) is 33.2 Å². The molecular weight excluding hydrogens is 1580 g/mol. The van der Waals surface area contributed by atoms with Crippen LogP contribution >= 0.6 is 47.8 Å². The minimum absolute atomic E-state index is 0.0306. The third-order valence-corrected chi connectivity index (χ3v) is 19.1. The Balaban J connectivity index is 0.000000165. The van der Waals surface area contributed by atoms with E-state index in [1.54, 1.807) is 106 Å². The predicted octanol–water partition coefficient (Wildman–Crippen LogP) is 11.3. The molecule has 6 aliphatic heterocycles. The summed E-state index contributed by atoms with van der Waals surface area (Å²) in [6, 6.07) is 39.4. The maximum atomic E-state index is 12.3. The molecule has 7 aromatic heterocycles. The number of aromatic nitrogens is 7. The van der Waals surface area contributed by atoms with Gasteiger partial charge >= 0.3 is 13.1 Å². The smallest absolute Gasteiger partial charge is 0.502 e. The molecule has 0 radical (unpaired) electrons. The molecule has 9 aromatic rings. The molecule has 0 spiro atoms. The summed E-state index contributed by atoms with van der Waals surface area (Å²) in [6.07, 6.45) is 29.9. The molecule has 3 fully saturated rings. The van der Waals surface area contributed by atoms with Crippen LogP contribution < -0.4 is 55.5 Å². The summed E-state index contributed by atoms with van der Waals surface area (Å²) in [4.78, 5) is 81.5. The van der Waals surface area contributed by atoms with Gasteiger partial charge in [0.1, 0.15) is 6.26 Å². The number of nitrogens with zero attached hydrogens (tertiary/aromatic N) is 6. The number of carbonyl (C=O) groups excluding carboxylic acids is 1. The highest BCUT2D eigenvalue weighted by atomic mass is 79.9. The van der Waals surface area contributed by atoms with Gasteiger partial charge < -0.3 is 89.0 Å². The number of methoxy groups -OCH3 is 1. The van der Waals surface area contributed by atoms with Crippen LogP contribution in [0.25, 0.3) is 16.6 Å². The van der Waals surface area contributed by atoms with Crippen molar-refractivity contribution in [2.75, 3.05) is 88.7 Å². The molecule has 13 heterocycles. The minimum atomic E-state index is -1.71. The highest BCUT2D eigenvalue weighted by Gasteiger charge is 2.25. The first-order valence-electron chi connectivity index (χ1n) is 35.6. The number of fused-ring (bicyclic) bond motifs is 1. The predicted molar refractivity (Wildman–Crippen MR) is 432 cm³/mol. The summed E-state index contributed by atoms with van der Waals surface area (Å²) < 4.78 is 45.1. The third kappa shape index (κ3) is 26.4. The zero-order valence-corrected chi connectivity index (χ0v) is 65.0. The lowest BCUT2D eigenvalue weighted by molar-refractivity contribution is 0.0579.